The van der Waals surface area contributed by atoms with Gasteiger partial charge in [0.25, 0.3) is 0 Å². The number of hydrogen-bond donors (Lipinski definition) is 1. The second-order valence-corrected chi connectivity index (χ2v) is 6.73. The lowest BCUT2D eigenvalue weighted by molar-refractivity contribution is -0.140. The quantitative estimate of drug-likeness (QED) is 0.488. The summed E-state index contributed by atoms with van der Waals surface area (Å²) in [5.74, 6) is 0.934. The Morgan fingerprint density at radius 3 is 2.64 bits per heavy atom. The molecule has 1 rings (SSSR count). The van der Waals surface area contributed by atoms with Crippen LogP contribution in [0.5, 0.6) is 0 Å². The maximum Gasteiger partial charge on any atom is 0.159 e. The third kappa shape index (κ3) is 6.23. The van der Waals surface area contributed by atoms with Gasteiger partial charge in [0.05, 0.1) is 12.5 Å². The molecular weight excluding hydrogens is 322 g/mol. The van der Waals surface area contributed by atoms with E-state index in [-0.39, 0.29) is 12.7 Å². The van der Waals surface area contributed by atoms with Gasteiger partial charge in [-0.2, -0.15) is 5.26 Å². The predicted molar refractivity (Wildman–Crippen MR) is 89.1 cm³/mol. The van der Waals surface area contributed by atoms with Gasteiger partial charge in [0, 0.05) is 35.8 Å². The fourth-order valence-corrected chi connectivity index (χ4v) is 3.63. The molecule has 4 nitrogen and oxygen atoms in total. The molecule has 2 atom stereocenters. The van der Waals surface area contributed by atoms with Gasteiger partial charge in [-0.1, -0.05) is 0 Å². The number of thiophene rings is 1. The summed E-state index contributed by atoms with van der Waals surface area (Å²) in [6, 6.07) is 5.91. The molecule has 0 amide bonds. The first-order valence-corrected chi connectivity index (χ1v) is 8.76. The molecule has 6 heteroatoms. The minimum Gasteiger partial charge on any atom is -0.386 e. The highest BCUT2D eigenvalue weighted by atomic mass is 35.5. The summed E-state index contributed by atoms with van der Waals surface area (Å²) in [5.41, 5.74) is 0. The summed E-state index contributed by atoms with van der Waals surface area (Å²) in [7, 11) is 3.31. The van der Waals surface area contributed by atoms with Crippen LogP contribution in [0.3, 0.4) is 0 Å². The average molecular weight is 346 g/mol. The lowest BCUT2D eigenvalue weighted by atomic mass is 9.96. The molecule has 0 spiro atoms. The van der Waals surface area contributed by atoms with Gasteiger partial charge in [-0.25, -0.2) is 0 Å². The van der Waals surface area contributed by atoms with E-state index in [2.05, 4.69) is 0 Å². The number of rotatable bonds is 11. The second kappa shape index (κ2) is 11.0. The van der Waals surface area contributed by atoms with E-state index in [0.717, 1.165) is 30.6 Å². The van der Waals surface area contributed by atoms with Gasteiger partial charge in [0.1, 0.15) is 6.10 Å². The van der Waals surface area contributed by atoms with E-state index in [1.54, 1.807) is 25.6 Å². The zero-order valence-electron chi connectivity index (χ0n) is 13.1. The third-order valence-electron chi connectivity index (χ3n) is 3.62. The maximum atomic E-state index is 9.82. The molecule has 0 fully saturated rings. The number of nitriles is 1. The first-order chi connectivity index (χ1) is 10.7. The van der Waals surface area contributed by atoms with Crippen LogP contribution in [0.15, 0.2) is 12.1 Å². The first-order valence-electron chi connectivity index (χ1n) is 7.41. The first kappa shape index (κ1) is 19.4. The molecule has 1 heterocycles. The summed E-state index contributed by atoms with van der Waals surface area (Å²) in [6.45, 7) is 0. The molecule has 0 aromatic carbocycles. The van der Waals surface area contributed by atoms with Crippen LogP contribution in [0, 0.1) is 17.2 Å². The Morgan fingerprint density at radius 2 is 2.05 bits per heavy atom. The largest absolute Gasteiger partial charge is 0.386 e. The minimum absolute atomic E-state index is 0.133. The molecule has 0 aliphatic heterocycles. The van der Waals surface area contributed by atoms with Crippen molar-refractivity contribution in [2.75, 3.05) is 20.1 Å². The van der Waals surface area contributed by atoms with Crippen LogP contribution in [-0.4, -0.2) is 31.5 Å². The smallest absolute Gasteiger partial charge is 0.159 e. The van der Waals surface area contributed by atoms with Gasteiger partial charge in [-0.15, -0.1) is 22.9 Å². The Kier molecular flexibility index (Phi) is 9.69. The monoisotopic (exact) mass is 345 g/mol. The Balaban J connectivity index is 2.58. The van der Waals surface area contributed by atoms with E-state index in [0.29, 0.717) is 11.8 Å². The van der Waals surface area contributed by atoms with E-state index < -0.39 is 6.10 Å². The Bertz CT molecular complexity index is 456. The van der Waals surface area contributed by atoms with Crippen molar-refractivity contribution in [2.24, 2.45) is 5.92 Å². The molecule has 1 aromatic heterocycles. The molecule has 1 aromatic rings. The van der Waals surface area contributed by atoms with Gasteiger partial charge < -0.3 is 14.6 Å². The van der Waals surface area contributed by atoms with Crippen molar-refractivity contribution >= 4 is 22.9 Å². The zero-order valence-corrected chi connectivity index (χ0v) is 14.7. The summed E-state index contributed by atoms with van der Waals surface area (Å²) >= 11 is 7.35. The fourth-order valence-electron chi connectivity index (χ4n) is 2.46. The van der Waals surface area contributed by atoms with Gasteiger partial charge in [0.2, 0.25) is 0 Å². The molecule has 22 heavy (non-hydrogen) atoms. The van der Waals surface area contributed by atoms with Crippen LogP contribution >= 0.6 is 22.9 Å². The minimum atomic E-state index is -0.679. The molecule has 0 radical (unpaired) electrons. The van der Waals surface area contributed by atoms with Crippen molar-refractivity contribution in [2.45, 2.75) is 44.5 Å². The van der Waals surface area contributed by atoms with E-state index >= 15 is 0 Å². The van der Waals surface area contributed by atoms with E-state index in [1.807, 2.05) is 18.2 Å². The highest BCUT2D eigenvalue weighted by molar-refractivity contribution is 7.12. The summed E-state index contributed by atoms with van der Waals surface area (Å²) in [6.07, 6.45) is 2.98. The Hall–Kier alpha value is -0.640. The molecule has 0 saturated carbocycles. The van der Waals surface area contributed by atoms with E-state index in [1.165, 1.54) is 4.88 Å². The van der Waals surface area contributed by atoms with Crippen molar-refractivity contribution < 1.29 is 14.6 Å². The molecule has 0 aliphatic rings. The zero-order chi connectivity index (χ0) is 16.4. The number of hydrogen-bond acceptors (Lipinski definition) is 5. The number of alkyl halides is 1. The summed E-state index contributed by atoms with van der Waals surface area (Å²) in [5, 5.41) is 18.5. The topological polar surface area (TPSA) is 62.5 Å². The molecular formula is C16H24ClNO3S. The van der Waals surface area contributed by atoms with E-state index in [4.69, 9.17) is 26.3 Å². The number of aliphatic hydroxyl groups is 1. The van der Waals surface area contributed by atoms with Gasteiger partial charge in [0.15, 0.2) is 6.29 Å². The van der Waals surface area contributed by atoms with Crippen LogP contribution < -0.4 is 0 Å². The number of halogens is 1. The summed E-state index contributed by atoms with van der Waals surface area (Å²) < 4.78 is 10.8. The number of nitrogens with zero attached hydrogens (tertiary/aromatic N) is 1. The van der Waals surface area contributed by atoms with Crippen molar-refractivity contribution in [1.82, 2.24) is 0 Å². The lowest BCUT2D eigenvalue weighted by Gasteiger charge is -2.24. The van der Waals surface area contributed by atoms with Crippen LogP contribution in [-0.2, 0) is 15.9 Å². The van der Waals surface area contributed by atoms with Gasteiger partial charge in [-0.05, 0) is 37.8 Å². The van der Waals surface area contributed by atoms with E-state index in [9.17, 15) is 5.11 Å². The molecule has 1 N–H and O–H groups in total. The fraction of sp³-hybridized carbons (Fsp3) is 0.688. The van der Waals surface area contributed by atoms with Crippen LogP contribution in [0.25, 0.3) is 0 Å². The number of methoxy groups -OCH3 is 2. The maximum absolute atomic E-state index is 9.82. The van der Waals surface area contributed by atoms with Crippen LogP contribution in [0.4, 0.5) is 0 Å². The lowest BCUT2D eigenvalue weighted by Crippen LogP contribution is -2.25. The van der Waals surface area contributed by atoms with Crippen molar-refractivity contribution in [3.63, 3.8) is 0 Å². The average Bonchev–Trinajstić information content (AvgIpc) is 2.99. The number of aliphatic hydroxyl groups excluding tert-OH is 1. The summed E-state index contributed by atoms with van der Waals surface area (Å²) in [4.78, 5) is 2.05. The molecule has 0 saturated heterocycles. The number of ether oxygens (including phenoxy) is 2. The molecule has 0 aliphatic carbocycles. The van der Waals surface area contributed by atoms with Crippen molar-refractivity contribution in [1.29, 1.82) is 5.26 Å². The molecule has 1 unspecified atom stereocenters. The SMILES string of the molecule is COC(OC)C(CCCCl)CCc1ccc([C@H](O)CC#N)s1. The Morgan fingerprint density at radius 1 is 1.32 bits per heavy atom. The van der Waals surface area contributed by atoms with Gasteiger partial charge in [-0.3, -0.25) is 0 Å². The Labute approximate surface area is 141 Å². The highest BCUT2D eigenvalue weighted by Gasteiger charge is 2.21. The van der Waals surface area contributed by atoms with Crippen LogP contribution in [0.1, 0.15) is 41.5 Å². The standard InChI is InChI=1S/C16H24ClNO3S/c1-20-16(21-2)12(4-3-10-17)5-6-13-7-8-15(22-13)14(19)9-11-18/h7-8,12,14,16,19H,3-6,9-10H2,1-2H3/t12?,14-/m1/s1. The molecule has 0 bridgehead atoms. The van der Waals surface area contributed by atoms with Crippen molar-refractivity contribution in [3.8, 4) is 6.07 Å². The van der Waals surface area contributed by atoms with Crippen LogP contribution in [0.2, 0.25) is 0 Å². The third-order valence-corrected chi connectivity index (χ3v) is 5.13. The normalized spacial score (nSPS) is 14.0. The van der Waals surface area contributed by atoms with Crippen molar-refractivity contribution in [3.05, 3.63) is 21.9 Å². The second-order valence-electron chi connectivity index (χ2n) is 5.15. The predicted octanol–water partition coefficient (Wildman–Crippen LogP) is 3.88. The molecule has 124 valence electrons. The number of aryl methyl sites for hydroxylation is 1. The highest BCUT2D eigenvalue weighted by Crippen LogP contribution is 2.28. The van der Waals surface area contributed by atoms with Gasteiger partial charge >= 0.3 is 0 Å².